The van der Waals surface area contributed by atoms with Gasteiger partial charge in [0.25, 0.3) is 0 Å². The van der Waals surface area contributed by atoms with Gasteiger partial charge in [-0.1, -0.05) is 54.1 Å². The van der Waals surface area contributed by atoms with Crippen LogP contribution in [0.1, 0.15) is 42.6 Å². The van der Waals surface area contributed by atoms with Gasteiger partial charge in [-0.25, -0.2) is 9.59 Å². The van der Waals surface area contributed by atoms with Crippen LogP contribution in [0, 0.1) is 0 Å². The number of esters is 2. The second-order valence-electron chi connectivity index (χ2n) is 6.53. The van der Waals surface area contributed by atoms with Crippen LogP contribution in [-0.4, -0.2) is 29.9 Å². The van der Waals surface area contributed by atoms with Crippen molar-refractivity contribution < 1.29 is 19.1 Å². The number of carbonyl (C=O) groups excluding carboxylic acids is 2. The number of carbonyl (C=O) groups is 2. The van der Waals surface area contributed by atoms with Crippen molar-refractivity contribution in [1.29, 1.82) is 0 Å². The van der Waals surface area contributed by atoms with E-state index in [1.165, 1.54) is 11.8 Å². The second kappa shape index (κ2) is 9.01. The Morgan fingerprint density at radius 1 is 0.964 bits per heavy atom. The fraction of sp³-hybridized carbons (Fsp3) is 0.364. The quantitative estimate of drug-likeness (QED) is 0.478. The van der Waals surface area contributed by atoms with E-state index in [1.807, 2.05) is 42.5 Å². The van der Waals surface area contributed by atoms with Crippen LogP contribution in [0.5, 0.6) is 0 Å². The SMILES string of the molecule is CCOC(=O)C1(C(=O)OCC)S[C@@H](c2ccccc2)C[C@@H]1c1ccc(Cl)cc1. The maximum absolute atomic E-state index is 13.1. The molecule has 0 radical (unpaired) electrons. The molecule has 148 valence electrons. The number of thioether (sulfide) groups is 1. The molecular weight excluding hydrogens is 396 g/mol. The predicted octanol–water partition coefficient (Wildman–Crippen LogP) is 5.17. The van der Waals surface area contributed by atoms with Crippen molar-refractivity contribution >= 4 is 35.3 Å². The van der Waals surface area contributed by atoms with Crippen molar-refractivity contribution in [2.75, 3.05) is 13.2 Å². The standard InChI is InChI=1S/C22H23ClO4S/c1-3-26-20(24)22(21(25)27-4-2)18(15-10-12-17(23)13-11-15)14-19(28-22)16-8-6-5-7-9-16/h5-13,18-19H,3-4,14H2,1-2H3/t18-,19-/m1/s1. The van der Waals surface area contributed by atoms with Crippen molar-refractivity contribution in [2.45, 2.75) is 36.2 Å². The zero-order chi connectivity index (χ0) is 20.1. The number of ether oxygens (including phenoxy) is 2. The lowest BCUT2D eigenvalue weighted by Crippen LogP contribution is -2.48. The van der Waals surface area contributed by atoms with E-state index in [1.54, 1.807) is 26.0 Å². The average molecular weight is 419 g/mol. The molecule has 0 spiro atoms. The average Bonchev–Trinajstić information content (AvgIpc) is 3.12. The van der Waals surface area contributed by atoms with E-state index < -0.39 is 16.7 Å². The smallest absolute Gasteiger partial charge is 0.334 e. The van der Waals surface area contributed by atoms with Gasteiger partial charge in [-0.15, -0.1) is 11.8 Å². The molecule has 0 saturated carbocycles. The normalized spacial score (nSPS) is 20.5. The third-order valence-electron chi connectivity index (χ3n) is 4.87. The highest BCUT2D eigenvalue weighted by molar-refractivity contribution is 8.02. The lowest BCUT2D eigenvalue weighted by Gasteiger charge is -2.30. The van der Waals surface area contributed by atoms with Crippen LogP contribution in [0.3, 0.4) is 0 Å². The zero-order valence-corrected chi connectivity index (χ0v) is 17.5. The van der Waals surface area contributed by atoms with Crippen LogP contribution in [0.15, 0.2) is 54.6 Å². The minimum Gasteiger partial charge on any atom is -0.464 e. The number of halogens is 1. The summed E-state index contributed by atoms with van der Waals surface area (Å²) in [5.41, 5.74) is 1.94. The van der Waals surface area contributed by atoms with Crippen LogP contribution < -0.4 is 0 Å². The number of hydrogen-bond donors (Lipinski definition) is 0. The lowest BCUT2D eigenvalue weighted by molar-refractivity contribution is -0.159. The molecule has 0 aliphatic carbocycles. The molecule has 0 aromatic heterocycles. The Morgan fingerprint density at radius 3 is 2.07 bits per heavy atom. The first-order chi connectivity index (χ1) is 13.5. The van der Waals surface area contributed by atoms with Gasteiger partial charge in [0.15, 0.2) is 0 Å². The summed E-state index contributed by atoms with van der Waals surface area (Å²) in [5.74, 6) is -1.47. The summed E-state index contributed by atoms with van der Waals surface area (Å²) in [6.07, 6.45) is 0.619. The maximum atomic E-state index is 13.1. The lowest BCUT2D eigenvalue weighted by atomic mass is 9.81. The van der Waals surface area contributed by atoms with Gasteiger partial charge in [0.1, 0.15) is 0 Å². The van der Waals surface area contributed by atoms with Gasteiger partial charge in [0.05, 0.1) is 13.2 Å². The van der Waals surface area contributed by atoms with Crippen LogP contribution in [0.2, 0.25) is 5.02 Å². The second-order valence-corrected chi connectivity index (χ2v) is 8.42. The van der Waals surface area contributed by atoms with Gasteiger partial charge < -0.3 is 9.47 Å². The van der Waals surface area contributed by atoms with Crippen molar-refractivity contribution in [2.24, 2.45) is 0 Å². The summed E-state index contributed by atoms with van der Waals surface area (Å²) in [4.78, 5) is 26.3. The maximum Gasteiger partial charge on any atom is 0.334 e. The topological polar surface area (TPSA) is 52.6 Å². The van der Waals surface area contributed by atoms with E-state index >= 15 is 0 Å². The number of hydrogen-bond acceptors (Lipinski definition) is 5. The summed E-state index contributed by atoms with van der Waals surface area (Å²) in [6.45, 7) is 3.87. The molecule has 2 aromatic rings. The van der Waals surface area contributed by atoms with Gasteiger partial charge in [-0.3, -0.25) is 0 Å². The summed E-state index contributed by atoms with van der Waals surface area (Å²) >= 11 is 7.38. The molecule has 0 bridgehead atoms. The molecule has 2 aromatic carbocycles. The highest BCUT2D eigenvalue weighted by Crippen LogP contribution is 2.60. The van der Waals surface area contributed by atoms with Gasteiger partial charge in [0.2, 0.25) is 4.75 Å². The first kappa shape index (κ1) is 20.7. The summed E-state index contributed by atoms with van der Waals surface area (Å²) in [5, 5.41) is 0.572. The molecular formula is C22H23ClO4S. The Bertz CT molecular complexity index is 804. The van der Waals surface area contributed by atoms with Gasteiger partial charge >= 0.3 is 11.9 Å². The summed E-state index contributed by atoms with van der Waals surface area (Å²) < 4.78 is 9.30. The number of benzene rings is 2. The zero-order valence-electron chi connectivity index (χ0n) is 15.9. The van der Waals surface area contributed by atoms with E-state index in [0.717, 1.165) is 11.1 Å². The van der Waals surface area contributed by atoms with Crippen LogP contribution >= 0.6 is 23.4 Å². The monoisotopic (exact) mass is 418 g/mol. The molecule has 1 fully saturated rings. The van der Waals surface area contributed by atoms with Gasteiger partial charge in [-0.2, -0.15) is 0 Å². The molecule has 1 aliphatic rings. The molecule has 1 heterocycles. The predicted molar refractivity (Wildman–Crippen MR) is 112 cm³/mol. The fourth-order valence-corrected chi connectivity index (χ4v) is 5.48. The first-order valence-electron chi connectivity index (χ1n) is 9.35. The minimum atomic E-state index is -1.44. The molecule has 6 heteroatoms. The van der Waals surface area contributed by atoms with Crippen molar-refractivity contribution in [3.63, 3.8) is 0 Å². The Hall–Kier alpha value is -1.98. The molecule has 2 atom stereocenters. The van der Waals surface area contributed by atoms with E-state index in [9.17, 15) is 9.59 Å². The Morgan fingerprint density at radius 2 is 1.54 bits per heavy atom. The van der Waals surface area contributed by atoms with Crippen molar-refractivity contribution in [3.8, 4) is 0 Å². The van der Waals surface area contributed by atoms with E-state index in [4.69, 9.17) is 21.1 Å². The summed E-state index contributed by atoms with van der Waals surface area (Å²) in [6, 6.07) is 17.2. The van der Waals surface area contributed by atoms with Crippen LogP contribution in [0.4, 0.5) is 0 Å². The van der Waals surface area contributed by atoms with Gasteiger partial charge in [0, 0.05) is 16.2 Å². The van der Waals surface area contributed by atoms with Gasteiger partial charge in [-0.05, 0) is 43.5 Å². The molecule has 0 unspecified atom stereocenters. The Labute approximate surface area is 174 Å². The summed E-state index contributed by atoms with van der Waals surface area (Å²) in [7, 11) is 0. The van der Waals surface area contributed by atoms with E-state index in [-0.39, 0.29) is 24.4 Å². The Balaban J connectivity index is 2.10. The third kappa shape index (κ3) is 3.91. The number of rotatable bonds is 6. The molecule has 28 heavy (non-hydrogen) atoms. The van der Waals surface area contributed by atoms with Crippen molar-refractivity contribution in [3.05, 3.63) is 70.7 Å². The van der Waals surface area contributed by atoms with E-state index in [0.29, 0.717) is 11.4 Å². The molecule has 1 aliphatic heterocycles. The fourth-order valence-electron chi connectivity index (χ4n) is 3.61. The highest BCUT2D eigenvalue weighted by Gasteiger charge is 2.62. The highest BCUT2D eigenvalue weighted by atomic mass is 35.5. The van der Waals surface area contributed by atoms with Crippen molar-refractivity contribution in [1.82, 2.24) is 0 Å². The molecule has 1 saturated heterocycles. The molecule has 4 nitrogen and oxygen atoms in total. The Kier molecular flexibility index (Phi) is 6.68. The largest absolute Gasteiger partial charge is 0.464 e. The van der Waals surface area contributed by atoms with Crippen LogP contribution in [0.25, 0.3) is 0 Å². The molecule has 3 rings (SSSR count). The van der Waals surface area contributed by atoms with E-state index in [2.05, 4.69) is 0 Å². The third-order valence-corrected chi connectivity index (χ3v) is 6.86. The molecule has 0 N–H and O–H groups in total. The minimum absolute atomic E-state index is 0.0318. The molecule has 0 amide bonds. The van der Waals surface area contributed by atoms with Crippen LogP contribution in [-0.2, 0) is 19.1 Å². The first-order valence-corrected chi connectivity index (χ1v) is 10.6.